The molecule has 3 unspecified atom stereocenters. The Morgan fingerprint density at radius 2 is 1.94 bits per heavy atom. The van der Waals surface area contributed by atoms with E-state index in [4.69, 9.17) is 4.74 Å². The van der Waals surface area contributed by atoms with Gasteiger partial charge in [0.05, 0.1) is 0 Å². The Balaban J connectivity index is 1.38. The lowest BCUT2D eigenvalue weighted by atomic mass is 9.97. The first-order valence-electron chi connectivity index (χ1n) is 7.36. The lowest BCUT2D eigenvalue weighted by Gasteiger charge is -2.36. The zero-order chi connectivity index (χ0) is 11.7. The lowest BCUT2D eigenvalue weighted by Crippen LogP contribution is -2.47. The zero-order valence-corrected chi connectivity index (χ0v) is 11.0. The van der Waals surface area contributed by atoms with Gasteiger partial charge in [0.2, 0.25) is 0 Å². The van der Waals surface area contributed by atoms with Crippen LogP contribution in [0.15, 0.2) is 0 Å². The Morgan fingerprint density at radius 1 is 1.18 bits per heavy atom. The number of hydrogen-bond donors (Lipinski definition) is 1. The second-order valence-corrected chi connectivity index (χ2v) is 6.19. The summed E-state index contributed by atoms with van der Waals surface area (Å²) in [6.07, 6.45) is 8.18. The van der Waals surface area contributed by atoms with Gasteiger partial charge < -0.3 is 15.0 Å². The number of nitrogens with one attached hydrogen (secondary N) is 1. The van der Waals surface area contributed by atoms with Crippen LogP contribution in [0.5, 0.6) is 0 Å². The molecule has 3 rings (SSSR count). The molecule has 3 heterocycles. The van der Waals surface area contributed by atoms with Crippen LogP contribution in [-0.2, 0) is 4.74 Å². The minimum Gasteiger partial charge on any atom is -0.381 e. The SMILES string of the molecule is CN1C2CCC1CC(NCCC1CCOC1)C2. The maximum Gasteiger partial charge on any atom is 0.0495 e. The molecule has 0 aliphatic carbocycles. The quantitative estimate of drug-likeness (QED) is 0.805. The van der Waals surface area contributed by atoms with Gasteiger partial charge in [0.25, 0.3) is 0 Å². The first-order chi connectivity index (χ1) is 8.33. The molecule has 98 valence electrons. The molecule has 3 heteroatoms. The molecule has 3 saturated heterocycles. The maximum atomic E-state index is 5.42. The minimum atomic E-state index is 0.783. The molecule has 3 atom stereocenters. The average molecular weight is 238 g/mol. The van der Waals surface area contributed by atoms with Gasteiger partial charge in [-0.05, 0) is 58.0 Å². The summed E-state index contributed by atoms with van der Waals surface area (Å²) in [7, 11) is 2.31. The van der Waals surface area contributed by atoms with Crippen molar-refractivity contribution in [3.8, 4) is 0 Å². The highest BCUT2D eigenvalue weighted by Crippen LogP contribution is 2.34. The van der Waals surface area contributed by atoms with E-state index in [-0.39, 0.29) is 0 Å². The Hall–Kier alpha value is -0.120. The summed E-state index contributed by atoms with van der Waals surface area (Å²) < 4.78 is 5.42. The molecule has 0 spiro atoms. The van der Waals surface area contributed by atoms with Crippen molar-refractivity contribution in [2.24, 2.45) is 5.92 Å². The molecule has 17 heavy (non-hydrogen) atoms. The van der Waals surface area contributed by atoms with E-state index in [0.29, 0.717) is 0 Å². The first kappa shape index (κ1) is 11.9. The molecule has 1 N–H and O–H groups in total. The predicted octanol–water partition coefficient (Wildman–Crippen LogP) is 1.63. The van der Waals surface area contributed by atoms with E-state index in [2.05, 4.69) is 17.3 Å². The van der Waals surface area contributed by atoms with E-state index in [1.807, 2.05) is 0 Å². The standard InChI is InChI=1S/C14H26N2O/c1-16-13-2-3-14(16)9-12(8-13)15-6-4-11-5-7-17-10-11/h11-15H,2-10H2,1H3. The van der Waals surface area contributed by atoms with E-state index in [0.717, 1.165) is 37.3 Å². The third kappa shape index (κ3) is 2.67. The van der Waals surface area contributed by atoms with Gasteiger partial charge in [-0.25, -0.2) is 0 Å². The fourth-order valence-electron chi connectivity index (χ4n) is 3.88. The highest BCUT2D eigenvalue weighted by Gasteiger charge is 2.38. The van der Waals surface area contributed by atoms with E-state index in [1.54, 1.807) is 0 Å². The fourth-order valence-corrected chi connectivity index (χ4v) is 3.88. The molecule has 2 bridgehead atoms. The van der Waals surface area contributed by atoms with E-state index >= 15 is 0 Å². The average Bonchev–Trinajstić information content (AvgIpc) is 2.87. The first-order valence-corrected chi connectivity index (χ1v) is 7.36. The minimum absolute atomic E-state index is 0.783. The monoisotopic (exact) mass is 238 g/mol. The molecule has 0 saturated carbocycles. The Bertz CT molecular complexity index is 239. The van der Waals surface area contributed by atoms with Crippen LogP contribution in [0.4, 0.5) is 0 Å². The number of rotatable bonds is 4. The van der Waals surface area contributed by atoms with Crippen molar-refractivity contribution >= 4 is 0 Å². The largest absolute Gasteiger partial charge is 0.381 e. The second-order valence-electron chi connectivity index (χ2n) is 6.19. The van der Waals surface area contributed by atoms with Gasteiger partial charge in [-0.3, -0.25) is 0 Å². The summed E-state index contributed by atoms with van der Waals surface area (Å²) in [5.41, 5.74) is 0. The highest BCUT2D eigenvalue weighted by atomic mass is 16.5. The molecular formula is C14H26N2O. The van der Waals surface area contributed by atoms with Gasteiger partial charge in [0.15, 0.2) is 0 Å². The predicted molar refractivity (Wildman–Crippen MR) is 69.1 cm³/mol. The van der Waals surface area contributed by atoms with Gasteiger partial charge in [-0.2, -0.15) is 0 Å². The molecule has 0 aromatic rings. The molecule has 0 aromatic carbocycles. The van der Waals surface area contributed by atoms with Crippen LogP contribution < -0.4 is 5.32 Å². The van der Waals surface area contributed by atoms with E-state index < -0.39 is 0 Å². The highest BCUT2D eigenvalue weighted by molar-refractivity contribution is 4.95. The van der Waals surface area contributed by atoms with Crippen LogP contribution in [0.1, 0.15) is 38.5 Å². The van der Waals surface area contributed by atoms with E-state index in [9.17, 15) is 0 Å². The molecule has 3 fully saturated rings. The number of fused-ring (bicyclic) bond motifs is 2. The van der Waals surface area contributed by atoms with Crippen molar-refractivity contribution in [1.82, 2.24) is 10.2 Å². The number of piperidine rings is 1. The van der Waals surface area contributed by atoms with Gasteiger partial charge in [0, 0.05) is 31.3 Å². The molecule has 0 amide bonds. The Morgan fingerprint density at radius 3 is 2.59 bits per heavy atom. The van der Waals surface area contributed by atoms with Crippen LogP contribution in [0.2, 0.25) is 0 Å². The molecule has 3 nitrogen and oxygen atoms in total. The topological polar surface area (TPSA) is 24.5 Å². The van der Waals surface area contributed by atoms with Crippen molar-refractivity contribution in [3.63, 3.8) is 0 Å². The summed E-state index contributed by atoms with van der Waals surface area (Å²) >= 11 is 0. The Labute approximate surface area is 105 Å². The third-order valence-electron chi connectivity index (χ3n) is 5.11. The molecule has 3 aliphatic heterocycles. The number of ether oxygens (including phenoxy) is 1. The molecule has 3 aliphatic rings. The molecule has 0 radical (unpaired) electrons. The van der Waals surface area contributed by atoms with Crippen LogP contribution in [0.25, 0.3) is 0 Å². The summed E-state index contributed by atoms with van der Waals surface area (Å²) in [5, 5.41) is 3.79. The van der Waals surface area contributed by atoms with Gasteiger partial charge >= 0.3 is 0 Å². The van der Waals surface area contributed by atoms with Crippen molar-refractivity contribution in [3.05, 3.63) is 0 Å². The molecule has 0 aromatic heterocycles. The van der Waals surface area contributed by atoms with Crippen LogP contribution in [-0.4, -0.2) is 49.8 Å². The number of hydrogen-bond acceptors (Lipinski definition) is 3. The number of nitrogens with zero attached hydrogens (tertiary/aromatic N) is 1. The van der Waals surface area contributed by atoms with Crippen molar-refractivity contribution in [2.75, 3.05) is 26.8 Å². The molecular weight excluding hydrogens is 212 g/mol. The van der Waals surface area contributed by atoms with Crippen LogP contribution in [0, 0.1) is 5.92 Å². The maximum absolute atomic E-state index is 5.42. The van der Waals surface area contributed by atoms with Crippen molar-refractivity contribution in [1.29, 1.82) is 0 Å². The van der Waals surface area contributed by atoms with Crippen LogP contribution in [0.3, 0.4) is 0 Å². The second kappa shape index (κ2) is 5.25. The van der Waals surface area contributed by atoms with Gasteiger partial charge in [-0.1, -0.05) is 0 Å². The fraction of sp³-hybridized carbons (Fsp3) is 1.00. The summed E-state index contributed by atoms with van der Waals surface area (Å²) in [6.45, 7) is 3.19. The lowest BCUT2D eigenvalue weighted by molar-refractivity contribution is 0.147. The Kier molecular flexibility index (Phi) is 3.69. The third-order valence-corrected chi connectivity index (χ3v) is 5.11. The normalized spacial score (nSPS) is 42.2. The summed E-state index contributed by atoms with van der Waals surface area (Å²) in [6, 6.07) is 2.51. The van der Waals surface area contributed by atoms with Crippen LogP contribution >= 0.6 is 0 Å². The smallest absolute Gasteiger partial charge is 0.0495 e. The van der Waals surface area contributed by atoms with Crippen molar-refractivity contribution in [2.45, 2.75) is 56.7 Å². The van der Waals surface area contributed by atoms with E-state index in [1.165, 1.54) is 45.1 Å². The summed E-state index contributed by atoms with van der Waals surface area (Å²) in [4.78, 5) is 2.61. The zero-order valence-electron chi connectivity index (χ0n) is 11.0. The van der Waals surface area contributed by atoms with Crippen molar-refractivity contribution < 1.29 is 4.74 Å². The van der Waals surface area contributed by atoms with Gasteiger partial charge in [-0.15, -0.1) is 0 Å². The summed E-state index contributed by atoms with van der Waals surface area (Å²) in [5.74, 6) is 0.825. The van der Waals surface area contributed by atoms with Gasteiger partial charge in [0.1, 0.15) is 0 Å².